The number of thiocarbonyl (C=S) groups is 1. The third-order valence-corrected chi connectivity index (χ3v) is 2.76. The molecule has 0 aromatic heterocycles. The van der Waals surface area contributed by atoms with Crippen molar-refractivity contribution >= 4 is 23.2 Å². The quantitative estimate of drug-likeness (QED) is 0.816. The molecule has 0 aliphatic carbocycles. The molecule has 0 unspecified atom stereocenters. The van der Waals surface area contributed by atoms with Crippen molar-refractivity contribution in [3.05, 3.63) is 35.4 Å². The molecule has 0 saturated heterocycles. The van der Waals surface area contributed by atoms with Crippen LogP contribution in [0.4, 0.5) is 0 Å². The van der Waals surface area contributed by atoms with E-state index in [2.05, 4.69) is 24.5 Å². The normalized spacial score (nSPS) is 11.3. The van der Waals surface area contributed by atoms with E-state index in [1.54, 1.807) is 0 Å². The van der Waals surface area contributed by atoms with E-state index >= 15 is 0 Å². The molecule has 0 heterocycles. The largest absolute Gasteiger partial charge is 0.358 e. The third kappa shape index (κ3) is 5.39. The number of hydrogen-bond acceptors (Lipinski definition) is 2. The first-order chi connectivity index (χ1) is 8.69. The fraction of sp³-hybridized carbons (Fsp3) is 0.467. The zero-order chi connectivity index (χ0) is 14.6. The SMILES string of the molecule is CC(C)c1ccc(C(=O)NC(=S)NC(C)(C)C)cc1. The molecule has 1 aromatic rings. The summed E-state index contributed by atoms with van der Waals surface area (Å²) < 4.78 is 0. The molecule has 0 fully saturated rings. The second-order valence-electron chi connectivity index (χ2n) is 5.93. The lowest BCUT2D eigenvalue weighted by Gasteiger charge is -2.22. The van der Waals surface area contributed by atoms with Gasteiger partial charge in [-0.15, -0.1) is 0 Å². The minimum atomic E-state index is -0.183. The Labute approximate surface area is 120 Å². The van der Waals surface area contributed by atoms with Crippen LogP contribution in [0.2, 0.25) is 0 Å². The predicted molar refractivity (Wildman–Crippen MR) is 83.5 cm³/mol. The number of hydrogen-bond donors (Lipinski definition) is 2. The van der Waals surface area contributed by atoms with Crippen LogP contribution in [-0.2, 0) is 0 Å². The van der Waals surface area contributed by atoms with Crippen LogP contribution in [0.25, 0.3) is 0 Å². The van der Waals surface area contributed by atoms with Gasteiger partial charge < -0.3 is 5.32 Å². The highest BCUT2D eigenvalue weighted by molar-refractivity contribution is 7.80. The van der Waals surface area contributed by atoms with Gasteiger partial charge in [-0.25, -0.2) is 0 Å². The van der Waals surface area contributed by atoms with Crippen molar-refractivity contribution in [1.29, 1.82) is 0 Å². The van der Waals surface area contributed by atoms with Crippen LogP contribution in [-0.4, -0.2) is 16.6 Å². The van der Waals surface area contributed by atoms with Crippen LogP contribution in [0.3, 0.4) is 0 Å². The highest BCUT2D eigenvalue weighted by Crippen LogP contribution is 2.14. The van der Waals surface area contributed by atoms with E-state index in [1.807, 2.05) is 45.0 Å². The van der Waals surface area contributed by atoms with Gasteiger partial charge in [0.1, 0.15) is 0 Å². The van der Waals surface area contributed by atoms with Crippen molar-refractivity contribution in [3.63, 3.8) is 0 Å². The second-order valence-corrected chi connectivity index (χ2v) is 6.34. The molecule has 0 bridgehead atoms. The maximum Gasteiger partial charge on any atom is 0.257 e. The van der Waals surface area contributed by atoms with Gasteiger partial charge in [0, 0.05) is 11.1 Å². The number of benzene rings is 1. The molecule has 1 rings (SSSR count). The van der Waals surface area contributed by atoms with Crippen LogP contribution < -0.4 is 10.6 Å². The van der Waals surface area contributed by atoms with Crippen LogP contribution in [0.1, 0.15) is 56.5 Å². The van der Waals surface area contributed by atoms with Gasteiger partial charge in [0.25, 0.3) is 5.91 Å². The molecule has 3 nitrogen and oxygen atoms in total. The summed E-state index contributed by atoms with van der Waals surface area (Å²) in [5.74, 6) is 0.276. The summed E-state index contributed by atoms with van der Waals surface area (Å²) in [5, 5.41) is 6.08. The van der Waals surface area contributed by atoms with Crippen LogP contribution >= 0.6 is 12.2 Å². The van der Waals surface area contributed by atoms with Crippen molar-refractivity contribution in [2.24, 2.45) is 0 Å². The van der Waals surface area contributed by atoms with Gasteiger partial charge in [-0.3, -0.25) is 10.1 Å². The van der Waals surface area contributed by atoms with Crippen molar-refractivity contribution in [2.45, 2.75) is 46.1 Å². The van der Waals surface area contributed by atoms with Crippen LogP contribution in [0, 0.1) is 0 Å². The number of carbonyl (C=O) groups excluding carboxylic acids is 1. The molecule has 0 saturated carbocycles. The Bertz CT molecular complexity index is 458. The van der Waals surface area contributed by atoms with E-state index in [9.17, 15) is 4.79 Å². The lowest BCUT2D eigenvalue weighted by Crippen LogP contribution is -2.48. The van der Waals surface area contributed by atoms with Gasteiger partial charge in [-0.2, -0.15) is 0 Å². The lowest BCUT2D eigenvalue weighted by molar-refractivity contribution is 0.0976. The maximum absolute atomic E-state index is 12.0. The fourth-order valence-corrected chi connectivity index (χ4v) is 1.97. The summed E-state index contributed by atoms with van der Waals surface area (Å²) in [6.07, 6.45) is 0. The lowest BCUT2D eigenvalue weighted by atomic mass is 10.0. The van der Waals surface area contributed by atoms with Gasteiger partial charge >= 0.3 is 0 Å². The maximum atomic E-state index is 12.0. The summed E-state index contributed by atoms with van der Waals surface area (Å²) in [7, 11) is 0. The van der Waals surface area contributed by atoms with Gasteiger partial charge in [-0.1, -0.05) is 26.0 Å². The van der Waals surface area contributed by atoms with Gasteiger partial charge in [0.2, 0.25) is 0 Å². The first kappa shape index (κ1) is 15.6. The zero-order valence-electron chi connectivity index (χ0n) is 12.2. The standard InChI is InChI=1S/C15H22N2OS/c1-10(2)11-6-8-12(9-7-11)13(18)16-14(19)17-15(3,4)5/h6-10H,1-5H3,(H2,16,17,18,19). The Morgan fingerprint density at radius 2 is 1.68 bits per heavy atom. The third-order valence-electron chi connectivity index (χ3n) is 2.56. The van der Waals surface area contributed by atoms with E-state index in [1.165, 1.54) is 5.56 Å². The molecule has 1 aromatic carbocycles. The number of carbonyl (C=O) groups is 1. The van der Waals surface area contributed by atoms with Crippen LogP contribution in [0.15, 0.2) is 24.3 Å². The predicted octanol–water partition coefficient (Wildman–Crippen LogP) is 3.21. The zero-order valence-corrected chi connectivity index (χ0v) is 13.0. The molecule has 0 atom stereocenters. The molecule has 104 valence electrons. The smallest absolute Gasteiger partial charge is 0.257 e. The summed E-state index contributed by atoms with van der Waals surface area (Å²) in [6, 6.07) is 7.59. The number of nitrogens with one attached hydrogen (secondary N) is 2. The van der Waals surface area contributed by atoms with E-state index in [0.717, 1.165) is 0 Å². The van der Waals surface area contributed by atoms with Gasteiger partial charge in [0.05, 0.1) is 0 Å². The highest BCUT2D eigenvalue weighted by atomic mass is 32.1. The molecule has 0 radical (unpaired) electrons. The minimum Gasteiger partial charge on any atom is -0.358 e. The van der Waals surface area contributed by atoms with Crippen molar-refractivity contribution < 1.29 is 4.79 Å². The fourth-order valence-electron chi connectivity index (χ4n) is 1.57. The Morgan fingerprint density at radius 3 is 2.11 bits per heavy atom. The van der Waals surface area contributed by atoms with E-state index in [0.29, 0.717) is 16.6 Å². The van der Waals surface area contributed by atoms with E-state index in [-0.39, 0.29) is 11.4 Å². The van der Waals surface area contributed by atoms with Gasteiger partial charge in [-0.05, 0) is 56.6 Å². The van der Waals surface area contributed by atoms with E-state index < -0.39 is 0 Å². The molecule has 1 amide bonds. The molecule has 0 aliphatic heterocycles. The summed E-state index contributed by atoms with van der Waals surface area (Å²) >= 11 is 5.10. The molecule has 0 aliphatic rings. The first-order valence-corrected chi connectivity index (χ1v) is 6.83. The second kappa shape index (κ2) is 6.15. The Balaban J connectivity index is 2.66. The molecular weight excluding hydrogens is 256 g/mol. The molecule has 4 heteroatoms. The Hall–Kier alpha value is -1.42. The van der Waals surface area contributed by atoms with Crippen LogP contribution in [0.5, 0.6) is 0 Å². The summed E-state index contributed by atoms with van der Waals surface area (Å²) in [6.45, 7) is 10.2. The topological polar surface area (TPSA) is 41.1 Å². The number of rotatable bonds is 2. The molecular formula is C15H22N2OS. The number of amides is 1. The van der Waals surface area contributed by atoms with E-state index in [4.69, 9.17) is 12.2 Å². The van der Waals surface area contributed by atoms with Crippen molar-refractivity contribution in [2.75, 3.05) is 0 Å². The summed E-state index contributed by atoms with van der Waals surface area (Å²) in [5.41, 5.74) is 1.67. The monoisotopic (exact) mass is 278 g/mol. The molecule has 19 heavy (non-hydrogen) atoms. The molecule has 0 spiro atoms. The average molecular weight is 278 g/mol. The average Bonchev–Trinajstić information content (AvgIpc) is 2.26. The van der Waals surface area contributed by atoms with Crippen molar-refractivity contribution in [1.82, 2.24) is 10.6 Å². The first-order valence-electron chi connectivity index (χ1n) is 6.42. The van der Waals surface area contributed by atoms with Crippen molar-refractivity contribution in [3.8, 4) is 0 Å². The Kier molecular flexibility index (Phi) is 5.06. The Morgan fingerprint density at radius 1 is 1.16 bits per heavy atom. The molecule has 2 N–H and O–H groups in total. The summed E-state index contributed by atoms with van der Waals surface area (Å²) in [4.78, 5) is 12.0. The highest BCUT2D eigenvalue weighted by Gasteiger charge is 2.14. The minimum absolute atomic E-state index is 0.161. The van der Waals surface area contributed by atoms with Gasteiger partial charge in [0.15, 0.2) is 5.11 Å².